The Morgan fingerprint density at radius 3 is 2.74 bits per heavy atom. The van der Waals surface area contributed by atoms with Crippen LogP contribution in [0, 0.1) is 5.82 Å². The van der Waals surface area contributed by atoms with E-state index in [1.54, 1.807) is 17.4 Å². The van der Waals surface area contributed by atoms with Crippen LogP contribution in [0.4, 0.5) is 10.1 Å². The third-order valence-electron chi connectivity index (χ3n) is 3.09. The number of rotatable bonds is 6. The van der Waals surface area contributed by atoms with Gasteiger partial charge in [0.1, 0.15) is 5.82 Å². The maximum atomic E-state index is 14.2. The summed E-state index contributed by atoms with van der Waals surface area (Å²) < 4.78 is 14.2. The summed E-state index contributed by atoms with van der Waals surface area (Å²) in [7, 11) is 0. The molecule has 2 rings (SSSR count). The molecule has 1 heterocycles. The summed E-state index contributed by atoms with van der Waals surface area (Å²) in [5.74, 6) is -0.163. The number of halogens is 1. The molecular weight excluding hydrogens is 259 g/mol. The molecular formula is C15H19FN2S. The summed E-state index contributed by atoms with van der Waals surface area (Å²) in [4.78, 5) is 3.29. The molecule has 0 unspecified atom stereocenters. The second-order valence-corrected chi connectivity index (χ2v) is 5.45. The lowest BCUT2D eigenvalue weighted by atomic mass is 10.1. The van der Waals surface area contributed by atoms with Crippen molar-refractivity contribution in [2.75, 3.05) is 18.0 Å². The van der Waals surface area contributed by atoms with Crippen LogP contribution in [0.5, 0.6) is 0 Å². The van der Waals surface area contributed by atoms with Gasteiger partial charge in [-0.25, -0.2) is 4.39 Å². The zero-order chi connectivity index (χ0) is 13.7. The van der Waals surface area contributed by atoms with Crippen LogP contribution < -0.4 is 10.6 Å². The van der Waals surface area contributed by atoms with Crippen molar-refractivity contribution in [3.63, 3.8) is 0 Å². The Balaban J connectivity index is 2.18. The van der Waals surface area contributed by atoms with Crippen molar-refractivity contribution in [1.82, 2.24) is 0 Å². The second-order valence-electron chi connectivity index (χ2n) is 4.42. The zero-order valence-electron chi connectivity index (χ0n) is 11.1. The standard InChI is InChI=1S/C15H19FN2S/c1-2-18(11-13-4-3-9-19-13)15-6-5-12(7-8-17)10-14(15)16/h3-6,9-10H,2,7-8,11,17H2,1H3. The van der Waals surface area contributed by atoms with E-state index in [1.807, 2.05) is 35.4 Å². The van der Waals surface area contributed by atoms with E-state index in [-0.39, 0.29) is 5.82 Å². The van der Waals surface area contributed by atoms with E-state index in [1.165, 1.54) is 4.88 Å². The van der Waals surface area contributed by atoms with Crippen LogP contribution in [0.2, 0.25) is 0 Å². The summed E-state index contributed by atoms with van der Waals surface area (Å²) in [6.07, 6.45) is 0.717. The van der Waals surface area contributed by atoms with E-state index in [4.69, 9.17) is 5.73 Å². The summed E-state index contributed by atoms with van der Waals surface area (Å²) in [5.41, 5.74) is 7.11. The van der Waals surface area contributed by atoms with Gasteiger partial charge in [0.15, 0.2) is 0 Å². The average Bonchev–Trinajstić information content (AvgIpc) is 2.90. The number of thiophene rings is 1. The highest BCUT2D eigenvalue weighted by Crippen LogP contribution is 2.23. The number of benzene rings is 1. The number of hydrogen-bond acceptors (Lipinski definition) is 3. The van der Waals surface area contributed by atoms with Crippen molar-refractivity contribution < 1.29 is 4.39 Å². The van der Waals surface area contributed by atoms with Gasteiger partial charge in [-0.2, -0.15) is 0 Å². The lowest BCUT2D eigenvalue weighted by Crippen LogP contribution is -2.22. The predicted molar refractivity (Wildman–Crippen MR) is 80.2 cm³/mol. The molecule has 4 heteroatoms. The molecule has 0 radical (unpaired) electrons. The Labute approximate surface area is 117 Å². The van der Waals surface area contributed by atoms with Gasteiger partial charge in [0.05, 0.1) is 12.2 Å². The first kappa shape index (κ1) is 14.0. The first-order valence-corrected chi connectivity index (χ1v) is 7.38. The van der Waals surface area contributed by atoms with Crippen molar-refractivity contribution in [2.45, 2.75) is 19.9 Å². The molecule has 0 aliphatic rings. The minimum absolute atomic E-state index is 0.163. The highest BCUT2D eigenvalue weighted by Gasteiger charge is 2.11. The largest absolute Gasteiger partial charge is 0.364 e. The van der Waals surface area contributed by atoms with E-state index < -0.39 is 0 Å². The van der Waals surface area contributed by atoms with E-state index in [0.29, 0.717) is 18.7 Å². The molecule has 0 spiro atoms. The van der Waals surface area contributed by atoms with Gasteiger partial charge in [-0.3, -0.25) is 0 Å². The van der Waals surface area contributed by atoms with Gasteiger partial charge in [-0.15, -0.1) is 11.3 Å². The van der Waals surface area contributed by atoms with Gasteiger partial charge >= 0.3 is 0 Å². The third-order valence-corrected chi connectivity index (χ3v) is 3.96. The second kappa shape index (κ2) is 6.68. The van der Waals surface area contributed by atoms with Gasteiger partial charge < -0.3 is 10.6 Å². The van der Waals surface area contributed by atoms with Gasteiger partial charge in [-0.1, -0.05) is 12.1 Å². The number of hydrogen-bond donors (Lipinski definition) is 1. The fraction of sp³-hybridized carbons (Fsp3) is 0.333. The molecule has 2 nitrogen and oxygen atoms in total. The fourth-order valence-corrected chi connectivity index (χ4v) is 2.81. The van der Waals surface area contributed by atoms with Gasteiger partial charge in [0.2, 0.25) is 0 Å². The molecule has 0 saturated heterocycles. The molecule has 0 fully saturated rings. The lowest BCUT2D eigenvalue weighted by molar-refractivity contribution is 0.616. The molecule has 0 atom stereocenters. The van der Waals surface area contributed by atoms with Gasteiger partial charge in [0.25, 0.3) is 0 Å². The SMILES string of the molecule is CCN(Cc1cccs1)c1ccc(CCN)cc1F. The number of nitrogens with two attached hydrogens (primary N) is 1. The van der Waals surface area contributed by atoms with Crippen molar-refractivity contribution >= 4 is 17.0 Å². The average molecular weight is 278 g/mol. The Bertz CT molecular complexity index is 511. The predicted octanol–water partition coefficient (Wildman–Crippen LogP) is 3.41. The van der Waals surface area contributed by atoms with Crippen molar-refractivity contribution in [3.8, 4) is 0 Å². The molecule has 0 bridgehead atoms. The molecule has 1 aromatic heterocycles. The molecule has 102 valence electrons. The van der Waals surface area contributed by atoms with Crippen LogP contribution in [-0.2, 0) is 13.0 Å². The maximum Gasteiger partial charge on any atom is 0.146 e. The third kappa shape index (κ3) is 3.55. The number of anilines is 1. The first-order chi connectivity index (χ1) is 9.24. The fourth-order valence-electron chi connectivity index (χ4n) is 2.09. The van der Waals surface area contributed by atoms with Crippen LogP contribution in [0.1, 0.15) is 17.4 Å². The van der Waals surface area contributed by atoms with E-state index in [2.05, 4.69) is 6.07 Å². The summed E-state index contributed by atoms with van der Waals surface area (Å²) in [6.45, 7) is 4.12. The van der Waals surface area contributed by atoms with Crippen LogP contribution >= 0.6 is 11.3 Å². The highest BCUT2D eigenvalue weighted by atomic mass is 32.1. The molecule has 1 aromatic carbocycles. The Morgan fingerprint density at radius 1 is 1.32 bits per heavy atom. The van der Waals surface area contributed by atoms with E-state index in [9.17, 15) is 4.39 Å². The molecule has 2 N–H and O–H groups in total. The minimum Gasteiger partial charge on any atom is -0.364 e. The minimum atomic E-state index is -0.163. The Kier molecular flexibility index (Phi) is 4.93. The first-order valence-electron chi connectivity index (χ1n) is 6.50. The van der Waals surface area contributed by atoms with Crippen LogP contribution in [0.3, 0.4) is 0 Å². The quantitative estimate of drug-likeness (QED) is 0.877. The van der Waals surface area contributed by atoms with Crippen molar-refractivity contribution in [1.29, 1.82) is 0 Å². The molecule has 2 aromatic rings. The van der Waals surface area contributed by atoms with Crippen LogP contribution in [0.25, 0.3) is 0 Å². The van der Waals surface area contributed by atoms with Crippen LogP contribution in [0.15, 0.2) is 35.7 Å². The molecule has 0 aliphatic heterocycles. The van der Waals surface area contributed by atoms with Crippen molar-refractivity contribution in [2.24, 2.45) is 5.73 Å². The summed E-state index contributed by atoms with van der Waals surface area (Å²) >= 11 is 1.70. The molecule has 19 heavy (non-hydrogen) atoms. The molecule has 0 saturated carbocycles. The Morgan fingerprint density at radius 2 is 2.16 bits per heavy atom. The van der Waals surface area contributed by atoms with E-state index in [0.717, 1.165) is 18.7 Å². The maximum absolute atomic E-state index is 14.2. The lowest BCUT2D eigenvalue weighted by Gasteiger charge is -2.23. The topological polar surface area (TPSA) is 29.3 Å². The highest BCUT2D eigenvalue weighted by molar-refractivity contribution is 7.09. The normalized spacial score (nSPS) is 10.7. The smallest absolute Gasteiger partial charge is 0.146 e. The van der Waals surface area contributed by atoms with Gasteiger partial charge in [-0.05, 0) is 49.0 Å². The van der Waals surface area contributed by atoms with Crippen molar-refractivity contribution in [3.05, 3.63) is 52.0 Å². The zero-order valence-corrected chi connectivity index (χ0v) is 11.9. The summed E-state index contributed by atoms with van der Waals surface area (Å²) in [5, 5.41) is 2.05. The number of nitrogens with zero attached hydrogens (tertiary/aromatic N) is 1. The van der Waals surface area contributed by atoms with E-state index >= 15 is 0 Å². The Hall–Kier alpha value is -1.39. The van der Waals surface area contributed by atoms with Crippen LogP contribution in [-0.4, -0.2) is 13.1 Å². The van der Waals surface area contributed by atoms with Gasteiger partial charge in [0, 0.05) is 11.4 Å². The molecule has 0 amide bonds. The molecule has 0 aliphatic carbocycles. The summed E-state index contributed by atoms with van der Waals surface area (Å²) in [6, 6.07) is 9.52. The monoisotopic (exact) mass is 278 g/mol.